The highest BCUT2D eigenvalue weighted by Gasteiger charge is 2.16. The van der Waals surface area contributed by atoms with Gasteiger partial charge in [0.25, 0.3) is 5.56 Å². The first-order valence-electron chi connectivity index (χ1n) is 7.58. The molecule has 0 spiro atoms. The second kappa shape index (κ2) is 5.95. The molecule has 1 aliphatic heterocycles. The standard InChI is InChI=1S/C16H22N4O/c1-12-2-3-13-4-5-15(21)20(16(13)18-12)11-10-19-8-6-14(17)7-9-19/h2-5,14H,6-11,17H2,1H3. The first-order chi connectivity index (χ1) is 10.1. The molecule has 1 aliphatic rings. The van der Waals surface area contributed by atoms with E-state index in [0.29, 0.717) is 12.6 Å². The van der Waals surface area contributed by atoms with Crippen molar-refractivity contribution in [1.82, 2.24) is 14.5 Å². The van der Waals surface area contributed by atoms with E-state index >= 15 is 0 Å². The largest absolute Gasteiger partial charge is 0.328 e. The Hall–Kier alpha value is -1.72. The van der Waals surface area contributed by atoms with E-state index in [1.54, 1.807) is 10.6 Å². The number of aromatic nitrogens is 2. The van der Waals surface area contributed by atoms with Gasteiger partial charge in [0.2, 0.25) is 0 Å². The summed E-state index contributed by atoms with van der Waals surface area (Å²) in [5, 5.41) is 1.01. The quantitative estimate of drug-likeness (QED) is 0.918. The zero-order valence-corrected chi connectivity index (χ0v) is 12.5. The zero-order chi connectivity index (χ0) is 14.8. The third-order valence-electron chi connectivity index (χ3n) is 4.24. The zero-order valence-electron chi connectivity index (χ0n) is 12.5. The van der Waals surface area contributed by atoms with Crippen LogP contribution < -0.4 is 11.3 Å². The number of nitrogens with two attached hydrogens (primary N) is 1. The van der Waals surface area contributed by atoms with Gasteiger partial charge in [-0.2, -0.15) is 0 Å². The van der Waals surface area contributed by atoms with Crippen molar-refractivity contribution in [3.05, 3.63) is 40.3 Å². The van der Waals surface area contributed by atoms with Crippen LogP contribution in [-0.4, -0.2) is 40.1 Å². The summed E-state index contributed by atoms with van der Waals surface area (Å²) in [7, 11) is 0. The fraction of sp³-hybridized carbons (Fsp3) is 0.500. The van der Waals surface area contributed by atoms with Gasteiger partial charge >= 0.3 is 0 Å². The number of rotatable bonds is 3. The summed E-state index contributed by atoms with van der Waals surface area (Å²) in [6.45, 7) is 5.55. The molecule has 21 heavy (non-hydrogen) atoms. The van der Waals surface area contributed by atoms with Crippen LogP contribution in [-0.2, 0) is 6.54 Å². The number of pyridine rings is 2. The second-order valence-electron chi connectivity index (χ2n) is 5.87. The summed E-state index contributed by atoms with van der Waals surface area (Å²) in [5.41, 5.74) is 7.67. The van der Waals surface area contributed by atoms with E-state index in [1.165, 1.54) is 0 Å². The van der Waals surface area contributed by atoms with E-state index in [4.69, 9.17) is 5.73 Å². The first-order valence-corrected chi connectivity index (χ1v) is 7.58. The van der Waals surface area contributed by atoms with Gasteiger partial charge in [0.1, 0.15) is 5.65 Å². The summed E-state index contributed by atoms with van der Waals surface area (Å²) in [6, 6.07) is 7.81. The molecule has 0 saturated carbocycles. The SMILES string of the molecule is Cc1ccc2ccc(=O)n(CCN3CCC(N)CC3)c2n1. The van der Waals surface area contributed by atoms with Gasteiger partial charge in [-0.15, -0.1) is 0 Å². The Morgan fingerprint density at radius 2 is 1.90 bits per heavy atom. The molecule has 2 N–H and O–H groups in total. The lowest BCUT2D eigenvalue weighted by molar-refractivity contribution is 0.206. The van der Waals surface area contributed by atoms with Crippen LogP contribution in [0.2, 0.25) is 0 Å². The van der Waals surface area contributed by atoms with Gasteiger partial charge in [-0.3, -0.25) is 9.36 Å². The van der Waals surface area contributed by atoms with Crippen LogP contribution in [0.4, 0.5) is 0 Å². The number of fused-ring (bicyclic) bond motifs is 1. The molecule has 3 heterocycles. The van der Waals surface area contributed by atoms with Crippen molar-refractivity contribution in [2.75, 3.05) is 19.6 Å². The van der Waals surface area contributed by atoms with Gasteiger partial charge in [-0.1, -0.05) is 0 Å². The topological polar surface area (TPSA) is 64.2 Å². The smallest absolute Gasteiger partial charge is 0.252 e. The first kappa shape index (κ1) is 14.2. The lowest BCUT2D eigenvalue weighted by Crippen LogP contribution is -2.41. The monoisotopic (exact) mass is 286 g/mol. The molecule has 0 bridgehead atoms. The summed E-state index contributed by atoms with van der Waals surface area (Å²) in [4.78, 5) is 19.1. The maximum Gasteiger partial charge on any atom is 0.252 e. The predicted molar refractivity (Wildman–Crippen MR) is 84.4 cm³/mol. The van der Waals surface area contributed by atoms with Gasteiger partial charge in [-0.25, -0.2) is 4.98 Å². The average Bonchev–Trinajstić information content (AvgIpc) is 2.48. The Morgan fingerprint density at radius 3 is 2.67 bits per heavy atom. The van der Waals surface area contributed by atoms with Crippen molar-refractivity contribution in [2.24, 2.45) is 5.73 Å². The Labute approximate surface area is 124 Å². The number of nitrogens with zero attached hydrogens (tertiary/aromatic N) is 3. The van der Waals surface area contributed by atoms with Gasteiger partial charge in [0.05, 0.1) is 0 Å². The molecule has 0 radical (unpaired) electrons. The molecule has 2 aromatic heterocycles. The molecule has 0 amide bonds. The van der Waals surface area contributed by atoms with Crippen LogP contribution in [0.25, 0.3) is 11.0 Å². The highest BCUT2D eigenvalue weighted by molar-refractivity contribution is 5.74. The molecule has 0 atom stereocenters. The molecule has 1 saturated heterocycles. The summed E-state index contributed by atoms with van der Waals surface area (Å²) < 4.78 is 1.79. The van der Waals surface area contributed by atoms with Crippen LogP contribution in [0.3, 0.4) is 0 Å². The van der Waals surface area contributed by atoms with Crippen molar-refractivity contribution in [1.29, 1.82) is 0 Å². The van der Waals surface area contributed by atoms with Crippen molar-refractivity contribution < 1.29 is 0 Å². The van der Waals surface area contributed by atoms with Gasteiger partial charge < -0.3 is 10.6 Å². The molecule has 5 heteroatoms. The van der Waals surface area contributed by atoms with Crippen molar-refractivity contribution in [2.45, 2.75) is 32.4 Å². The molecule has 0 unspecified atom stereocenters. The number of piperidine rings is 1. The van der Waals surface area contributed by atoms with Crippen molar-refractivity contribution in [3.63, 3.8) is 0 Å². The highest BCUT2D eigenvalue weighted by Crippen LogP contribution is 2.11. The van der Waals surface area contributed by atoms with Crippen LogP contribution >= 0.6 is 0 Å². The minimum absolute atomic E-state index is 0.0225. The molecule has 0 aromatic carbocycles. The molecular weight excluding hydrogens is 264 g/mol. The molecule has 3 rings (SSSR count). The van der Waals surface area contributed by atoms with Crippen LogP contribution in [0, 0.1) is 6.92 Å². The van der Waals surface area contributed by atoms with Gasteiger partial charge in [0, 0.05) is 36.3 Å². The third kappa shape index (κ3) is 3.14. The minimum atomic E-state index is 0.0225. The fourth-order valence-electron chi connectivity index (χ4n) is 2.89. The molecule has 1 fully saturated rings. The van der Waals surface area contributed by atoms with Crippen LogP contribution in [0.5, 0.6) is 0 Å². The van der Waals surface area contributed by atoms with E-state index in [-0.39, 0.29) is 5.56 Å². The Balaban J connectivity index is 1.81. The third-order valence-corrected chi connectivity index (χ3v) is 4.24. The van der Waals surface area contributed by atoms with E-state index < -0.39 is 0 Å². The molecule has 112 valence electrons. The maximum atomic E-state index is 12.2. The van der Waals surface area contributed by atoms with Gasteiger partial charge in [-0.05, 0) is 51.1 Å². The highest BCUT2D eigenvalue weighted by atomic mass is 16.1. The van der Waals surface area contributed by atoms with E-state index in [2.05, 4.69) is 9.88 Å². The Bertz CT molecular complexity index is 686. The lowest BCUT2D eigenvalue weighted by atomic mass is 10.1. The molecular formula is C16H22N4O. The summed E-state index contributed by atoms with van der Waals surface area (Å²) >= 11 is 0. The van der Waals surface area contributed by atoms with Crippen LogP contribution in [0.1, 0.15) is 18.5 Å². The Morgan fingerprint density at radius 1 is 1.19 bits per heavy atom. The van der Waals surface area contributed by atoms with Crippen molar-refractivity contribution in [3.8, 4) is 0 Å². The lowest BCUT2D eigenvalue weighted by Gasteiger charge is -2.30. The number of hydrogen-bond donors (Lipinski definition) is 1. The number of likely N-dealkylation sites (tertiary alicyclic amines) is 1. The van der Waals surface area contributed by atoms with Crippen LogP contribution in [0.15, 0.2) is 29.1 Å². The molecule has 5 nitrogen and oxygen atoms in total. The second-order valence-corrected chi connectivity index (χ2v) is 5.87. The van der Waals surface area contributed by atoms with E-state index in [1.807, 2.05) is 25.1 Å². The average molecular weight is 286 g/mol. The van der Waals surface area contributed by atoms with E-state index in [0.717, 1.165) is 49.2 Å². The normalized spacial score (nSPS) is 17.4. The molecule has 2 aromatic rings. The fourth-order valence-corrected chi connectivity index (χ4v) is 2.89. The predicted octanol–water partition coefficient (Wildman–Crippen LogP) is 1.13. The summed E-state index contributed by atoms with van der Waals surface area (Å²) in [6.07, 6.45) is 2.09. The van der Waals surface area contributed by atoms with E-state index in [9.17, 15) is 4.79 Å². The maximum absolute atomic E-state index is 12.2. The molecule has 0 aliphatic carbocycles. The number of hydrogen-bond acceptors (Lipinski definition) is 4. The minimum Gasteiger partial charge on any atom is -0.328 e. The van der Waals surface area contributed by atoms with Gasteiger partial charge in [0.15, 0.2) is 0 Å². The van der Waals surface area contributed by atoms with Crippen molar-refractivity contribution >= 4 is 11.0 Å². The summed E-state index contributed by atoms with van der Waals surface area (Å²) in [5.74, 6) is 0. The number of aryl methyl sites for hydroxylation is 1. The Kier molecular flexibility index (Phi) is 4.03.